The Morgan fingerprint density at radius 3 is 2.45 bits per heavy atom. The van der Waals surface area contributed by atoms with Crippen molar-refractivity contribution < 1.29 is 9.47 Å². The molecular weight excluding hydrogens is 250 g/mol. The first-order valence-electron chi connectivity index (χ1n) is 7.12. The van der Waals surface area contributed by atoms with E-state index in [2.05, 4.69) is 11.6 Å². The lowest BCUT2D eigenvalue weighted by Crippen LogP contribution is -1.99. The van der Waals surface area contributed by atoms with Gasteiger partial charge in [0.1, 0.15) is 5.75 Å². The zero-order valence-corrected chi connectivity index (χ0v) is 12.8. The zero-order chi connectivity index (χ0) is 15.0. The third-order valence-corrected chi connectivity index (χ3v) is 2.62. The van der Waals surface area contributed by atoms with Gasteiger partial charge in [0.05, 0.1) is 18.7 Å². The molecule has 1 aromatic carbocycles. The number of hydrogen-bond acceptors (Lipinski definition) is 3. The van der Waals surface area contributed by atoms with E-state index in [0.29, 0.717) is 19.1 Å². The van der Waals surface area contributed by atoms with Crippen LogP contribution >= 0.6 is 0 Å². The number of aromatic nitrogens is 1. The van der Waals surface area contributed by atoms with E-state index in [-0.39, 0.29) is 0 Å². The van der Waals surface area contributed by atoms with Crippen LogP contribution in [0.25, 0.3) is 17.0 Å². The summed E-state index contributed by atoms with van der Waals surface area (Å²) in [4.78, 5) is 4.51. The summed E-state index contributed by atoms with van der Waals surface area (Å²) in [5.74, 6) is 1.39. The van der Waals surface area contributed by atoms with Crippen LogP contribution in [0.15, 0.2) is 30.8 Å². The Kier molecular flexibility index (Phi) is 6.57. The number of benzene rings is 1. The lowest BCUT2D eigenvalue weighted by molar-refractivity contribution is 0.317. The highest BCUT2D eigenvalue weighted by molar-refractivity contribution is 5.92. The molecule has 20 heavy (non-hydrogen) atoms. The normalized spacial score (nSPS) is 9.60. The molecule has 2 aromatic rings. The summed E-state index contributed by atoms with van der Waals surface area (Å²) in [6, 6.07) is 7.79. The standard InChI is InChI=1S/C15H17NO2.C2H6/c1-4-11-8-7-9-12-13(17-5-2)10-14(18-6-3)16-15(11)12;1-2/h4,7-10H,1,5-6H2,2-3H3;1-2H3. The first-order chi connectivity index (χ1) is 9.80. The maximum absolute atomic E-state index is 5.65. The Bertz CT molecular complexity index is 564. The van der Waals surface area contributed by atoms with Crippen molar-refractivity contribution in [3.8, 4) is 11.6 Å². The van der Waals surface area contributed by atoms with Gasteiger partial charge in [-0.05, 0) is 19.9 Å². The molecule has 0 bridgehead atoms. The second kappa shape index (κ2) is 8.20. The molecule has 0 radical (unpaired) electrons. The van der Waals surface area contributed by atoms with Crippen molar-refractivity contribution in [1.82, 2.24) is 4.98 Å². The molecule has 3 heteroatoms. The highest BCUT2D eigenvalue weighted by Gasteiger charge is 2.09. The van der Waals surface area contributed by atoms with Crippen molar-refractivity contribution in [2.45, 2.75) is 27.7 Å². The van der Waals surface area contributed by atoms with Crippen molar-refractivity contribution in [2.24, 2.45) is 0 Å². The van der Waals surface area contributed by atoms with E-state index in [9.17, 15) is 0 Å². The van der Waals surface area contributed by atoms with Crippen molar-refractivity contribution in [3.05, 3.63) is 36.4 Å². The molecule has 0 spiro atoms. The van der Waals surface area contributed by atoms with Crippen LogP contribution in [0.2, 0.25) is 0 Å². The molecule has 0 amide bonds. The first kappa shape index (κ1) is 16.0. The molecule has 1 aromatic heterocycles. The molecular formula is C17H23NO2. The van der Waals surface area contributed by atoms with Crippen molar-refractivity contribution in [3.63, 3.8) is 0 Å². The highest BCUT2D eigenvalue weighted by Crippen LogP contribution is 2.30. The molecule has 0 saturated carbocycles. The van der Waals surface area contributed by atoms with Gasteiger partial charge in [-0.3, -0.25) is 0 Å². The van der Waals surface area contributed by atoms with E-state index in [0.717, 1.165) is 22.2 Å². The van der Waals surface area contributed by atoms with Gasteiger partial charge in [0, 0.05) is 17.0 Å². The number of pyridine rings is 1. The first-order valence-corrected chi connectivity index (χ1v) is 7.12. The molecule has 108 valence electrons. The van der Waals surface area contributed by atoms with Gasteiger partial charge in [-0.15, -0.1) is 0 Å². The summed E-state index contributed by atoms with van der Waals surface area (Å²) in [6.45, 7) is 12.9. The minimum Gasteiger partial charge on any atom is -0.493 e. The van der Waals surface area contributed by atoms with Gasteiger partial charge in [0.15, 0.2) is 0 Å². The maximum Gasteiger partial charge on any atom is 0.217 e. The fraction of sp³-hybridized carbons (Fsp3) is 0.353. The third-order valence-electron chi connectivity index (χ3n) is 2.62. The van der Waals surface area contributed by atoms with Crippen LogP contribution in [0.5, 0.6) is 11.6 Å². The number of nitrogens with zero attached hydrogens (tertiary/aromatic N) is 1. The number of rotatable bonds is 5. The molecule has 0 aliphatic carbocycles. The Morgan fingerprint density at radius 1 is 1.15 bits per heavy atom. The Hall–Kier alpha value is -2.03. The largest absolute Gasteiger partial charge is 0.493 e. The number of para-hydroxylation sites is 1. The molecule has 0 aliphatic rings. The fourth-order valence-electron chi connectivity index (χ4n) is 1.88. The van der Waals surface area contributed by atoms with E-state index in [1.54, 1.807) is 6.08 Å². The van der Waals surface area contributed by atoms with E-state index in [1.165, 1.54) is 0 Å². The van der Waals surface area contributed by atoms with Crippen LogP contribution in [0.1, 0.15) is 33.3 Å². The summed E-state index contributed by atoms with van der Waals surface area (Å²) in [5, 5.41) is 0.984. The number of hydrogen-bond donors (Lipinski definition) is 0. The second-order valence-corrected chi connectivity index (χ2v) is 3.77. The number of fused-ring (bicyclic) bond motifs is 1. The van der Waals surface area contributed by atoms with Crippen LogP contribution in [0, 0.1) is 0 Å². The predicted octanol–water partition coefficient (Wildman–Crippen LogP) is 4.70. The predicted molar refractivity (Wildman–Crippen MR) is 85.5 cm³/mol. The highest BCUT2D eigenvalue weighted by atomic mass is 16.5. The minimum atomic E-state index is 0.584. The van der Waals surface area contributed by atoms with Crippen LogP contribution in [-0.4, -0.2) is 18.2 Å². The summed E-state index contributed by atoms with van der Waals surface area (Å²) >= 11 is 0. The molecule has 0 atom stereocenters. The number of ether oxygens (including phenoxy) is 2. The van der Waals surface area contributed by atoms with Crippen LogP contribution in [0.3, 0.4) is 0 Å². The van der Waals surface area contributed by atoms with Crippen molar-refractivity contribution >= 4 is 17.0 Å². The van der Waals surface area contributed by atoms with Crippen LogP contribution in [-0.2, 0) is 0 Å². The summed E-state index contributed by atoms with van der Waals surface area (Å²) < 4.78 is 11.1. The third kappa shape index (κ3) is 3.50. The van der Waals surface area contributed by atoms with Gasteiger partial charge in [0.2, 0.25) is 5.88 Å². The summed E-state index contributed by atoms with van der Waals surface area (Å²) in [6.07, 6.45) is 1.79. The van der Waals surface area contributed by atoms with Crippen LogP contribution < -0.4 is 9.47 Å². The fourth-order valence-corrected chi connectivity index (χ4v) is 1.88. The molecule has 0 fully saturated rings. The maximum atomic E-state index is 5.65. The van der Waals surface area contributed by atoms with Crippen LogP contribution in [0.4, 0.5) is 0 Å². The average molecular weight is 273 g/mol. The van der Waals surface area contributed by atoms with Crippen molar-refractivity contribution in [2.75, 3.05) is 13.2 Å². The van der Waals surface area contributed by atoms with Crippen molar-refractivity contribution in [1.29, 1.82) is 0 Å². The summed E-state index contributed by atoms with van der Waals surface area (Å²) in [5.41, 5.74) is 1.84. The Labute approximate surface area is 121 Å². The second-order valence-electron chi connectivity index (χ2n) is 3.77. The smallest absolute Gasteiger partial charge is 0.217 e. The average Bonchev–Trinajstić information content (AvgIpc) is 2.49. The lowest BCUT2D eigenvalue weighted by atomic mass is 10.1. The summed E-state index contributed by atoms with van der Waals surface area (Å²) in [7, 11) is 0. The van der Waals surface area contributed by atoms with Gasteiger partial charge >= 0.3 is 0 Å². The Morgan fingerprint density at radius 2 is 1.85 bits per heavy atom. The van der Waals surface area contributed by atoms with Gasteiger partial charge in [-0.1, -0.05) is 38.6 Å². The van der Waals surface area contributed by atoms with Gasteiger partial charge in [0.25, 0.3) is 0 Å². The van der Waals surface area contributed by atoms with Gasteiger partial charge in [-0.25, -0.2) is 4.98 Å². The molecule has 1 heterocycles. The quantitative estimate of drug-likeness (QED) is 0.791. The molecule has 0 N–H and O–H groups in total. The Balaban J connectivity index is 0.000000956. The van der Waals surface area contributed by atoms with E-state index < -0.39 is 0 Å². The molecule has 3 nitrogen and oxygen atoms in total. The monoisotopic (exact) mass is 273 g/mol. The van der Waals surface area contributed by atoms with Gasteiger partial charge in [-0.2, -0.15) is 0 Å². The SMILES string of the molecule is C=Cc1cccc2c(OCC)cc(OCC)nc12.CC. The minimum absolute atomic E-state index is 0.584. The zero-order valence-electron chi connectivity index (χ0n) is 12.8. The molecule has 0 saturated heterocycles. The molecule has 2 rings (SSSR count). The molecule has 0 aliphatic heterocycles. The lowest BCUT2D eigenvalue weighted by Gasteiger charge is -2.11. The van der Waals surface area contributed by atoms with E-state index >= 15 is 0 Å². The molecule has 0 unspecified atom stereocenters. The van der Waals surface area contributed by atoms with Gasteiger partial charge < -0.3 is 9.47 Å². The van der Waals surface area contributed by atoms with E-state index in [4.69, 9.17) is 9.47 Å². The van der Waals surface area contributed by atoms with E-state index in [1.807, 2.05) is 52.0 Å². The topological polar surface area (TPSA) is 31.4 Å².